The zero-order valence-electron chi connectivity index (χ0n) is 25.2. The molecule has 6 atom stereocenters. The van der Waals surface area contributed by atoms with Crippen molar-refractivity contribution in [2.75, 3.05) is 0 Å². The molecule has 224 valence electrons. The number of hydrogen-bond acceptors (Lipinski definition) is 8. The molecule has 0 N–H and O–H groups in total. The molecule has 4 heterocycles. The van der Waals surface area contributed by atoms with Gasteiger partial charge >= 0.3 is 23.9 Å². The van der Waals surface area contributed by atoms with Crippen molar-refractivity contribution >= 4 is 23.9 Å². The lowest BCUT2D eigenvalue weighted by Gasteiger charge is -2.46. The quantitative estimate of drug-likeness (QED) is 0.302. The number of esters is 4. The standard InChI is InChI=1S/2C16H24O4/c1-4-15(2,3)13(17)20-16-8-10-5-11(9-16)7-12(6-10)19-14(16)18;1-4-15(2,3)14(18)20-16-7-10-5-11(8-16)13(17)19-12(6-10)9-16/h2*10-12H,4-9H2,1-3H3. The highest BCUT2D eigenvalue weighted by Gasteiger charge is 2.58. The fourth-order valence-corrected chi connectivity index (χ4v) is 7.94. The topological polar surface area (TPSA) is 105 Å². The molecule has 8 fully saturated rings. The Bertz CT molecular complexity index is 1030. The molecule has 0 radical (unpaired) electrons. The first kappa shape index (κ1) is 29.4. The number of fused-ring (bicyclic) bond motifs is 2. The number of hydrogen-bond donors (Lipinski definition) is 0. The molecule has 8 bridgehead atoms. The van der Waals surface area contributed by atoms with E-state index < -0.39 is 22.0 Å². The van der Waals surface area contributed by atoms with E-state index in [-0.39, 0.29) is 42.0 Å². The molecule has 4 saturated heterocycles. The van der Waals surface area contributed by atoms with Crippen LogP contribution < -0.4 is 0 Å². The highest BCUT2D eigenvalue weighted by molar-refractivity contribution is 5.86. The maximum atomic E-state index is 12.4. The molecule has 0 aromatic carbocycles. The number of rotatable bonds is 6. The SMILES string of the molecule is CCC(C)(C)C(=O)OC12CC3CC(C1)OC(=O)C(C3)C2.CCC(C)(C)C(=O)OC12CC3CC(CC(C3)OC1=O)C2. The van der Waals surface area contributed by atoms with Crippen molar-refractivity contribution in [3.8, 4) is 0 Å². The lowest BCUT2D eigenvalue weighted by atomic mass is 9.65. The third-order valence-corrected chi connectivity index (χ3v) is 10.9. The third-order valence-electron chi connectivity index (χ3n) is 10.9. The van der Waals surface area contributed by atoms with Crippen LogP contribution in [0.15, 0.2) is 0 Å². The summed E-state index contributed by atoms with van der Waals surface area (Å²) in [5, 5.41) is 0. The van der Waals surface area contributed by atoms with E-state index in [1.807, 2.05) is 41.5 Å². The smallest absolute Gasteiger partial charge is 0.350 e. The first-order valence-corrected chi connectivity index (χ1v) is 15.6. The molecule has 0 aromatic heterocycles. The normalized spacial score (nSPS) is 39.4. The predicted molar refractivity (Wildman–Crippen MR) is 146 cm³/mol. The molecule has 4 aliphatic carbocycles. The van der Waals surface area contributed by atoms with Crippen molar-refractivity contribution in [3.63, 3.8) is 0 Å². The summed E-state index contributed by atoms with van der Waals surface area (Å²) in [6.45, 7) is 11.5. The molecular formula is C32H48O8. The first-order valence-electron chi connectivity index (χ1n) is 15.6. The van der Waals surface area contributed by atoms with Gasteiger partial charge in [-0.25, -0.2) is 4.79 Å². The molecule has 4 saturated carbocycles. The zero-order valence-corrected chi connectivity index (χ0v) is 25.2. The van der Waals surface area contributed by atoms with Crippen LogP contribution in [0.25, 0.3) is 0 Å². The largest absolute Gasteiger partial charge is 0.462 e. The third kappa shape index (κ3) is 5.53. The average Bonchev–Trinajstić information content (AvgIpc) is 3.12. The molecule has 8 heteroatoms. The summed E-state index contributed by atoms with van der Waals surface area (Å²) in [7, 11) is 0. The second-order valence-electron chi connectivity index (χ2n) is 15.0. The average molecular weight is 561 g/mol. The van der Waals surface area contributed by atoms with Crippen molar-refractivity contribution < 1.29 is 38.1 Å². The van der Waals surface area contributed by atoms with Crippen molar-refractivity contribution in [2.45, 2.75) is 142 Å². The van der Waals surface area contributed by atoms with Crippen LogP contribution in [0.4, 0.5) is 0 Å². The maximum absolute atomic E-state index is 12.4. The van der Waals surface area contributed by atoms with Crippen LogP contribution in [0.3, 0.4) is 0 Å². The summed E-state index contributed by atoms with van der Waals surface area (Å²) >= 11 is 0. The Morgan fingerprint density at radius 3 is 1.88 bits per heavy atom. The van der Waals surface area contributed by atoms with E-state index in [0.29, 0.717) is 49.9 Å². The van der Waals surface area contributed by atoms with Gasteiger partial charge in [-0.3, -0.25) is 14.4 Å². The second-order valence-corrected chi connectivity index (χ2v) is 15.0. The van der Waals surface area contributed by atoms with Crippen LogP contribution >= 0.6 is 0 Å². The predicted octanol–water partition coefficient (Wildman–Crippen LogP) is 5.68. The minimum atomic E-state index is -0.998. The molecular weight excluding hydrogens is 512 g/mol. The van der Waals surface area contributed by atoms with Gasteiger partial charge in [-0.15, -0.1) is 0 Å². The molecule has 8 rings (SSSR count). The molecule has 0 aromatic rings. The highest BCUT2D eigenvalue weighted by atomic mass is 16.6. The van der Waals surface area contributed by atoms with Gasteiger partial charge < -0.3 is 18.9 Å². The molecule has 0 amide bonds. The fraction of sp³-hybridized carbons (Fsp3) is 0.875. The van der Waals surface area contributed by atoms with Gasteiger partial charge in [0.15, 0.2) is 0 Å². The highest BCUT2D eigenvalue weighted by Crippen LogP contribution is 2.53. The van der Waals surface area contributed by atoms with E-state index in [1.54, 1.807) is 0 Å². The fourth-order valence-electron chi connectivity index (χ4n) is 7.94. The minimum absolute atomic E-state index is 0.0495. The van der Waals surface area contributed by atoms with E-state index in [2.05, 4.69) is 0 Å². The van der Waals surface area contributed by atoms with Crippen LogP contribution in [-0.4, -0.2) is 47.3 Å². The Balaban J connectivity index is 0.000000161. The number of carbonyl (C=O) groups is 4. The zero-order chi connectivity index (χ0) is 29.1. The van der Waals surface area contributed by atoms with Gasteiger partial charge in [-0.1, -0.05) is 13.8 Å². The number of carbonyl (C=O) groups excluding carboxylic acids is 4. The molecule has 8 nitrogen and oxygen atoms in total. The minimum Gasteiger partial charge on any atom is -0.462 e. The van der Waals surface area contributed by atoms with Gasteiger partial charge in [0.25, 0.3) is 0 Å². The molecule has 0 spiro atoms. The first-order chi connectivity index (χ1) is 18.7. The summed E-state index contributed by atoms with van der Waals surface area (Å²) < 4.78 is 22.8. The van der Waals surface area contributed by atoms with Crippen molar-refractivity contribution in [1.29, 1.82) is 0 Å². The van der Waals surface area contributed by atoms with Gasteiger partial charge in [0.1, 0.15) is 17.8 Å². The summed E-state index contributed by atoms with van der Waals surface area (Å²) in [5.74, 6) is 0.562. The molecule has 8 aliphatic rings. The van der Waals surface area contributed by atoms with Gasteiger partial charge in [0.2, 0.25) is 5.60 Å². The van der Waals surface area contributed by atoms with E-state index in [9.17, 15) is 19.2 Å². The summed E-state index contributed by atoms with van der Waals surface area (Å²) in [6.07, 6.45) is 9.92. The van der Waals surface area contributed by atoms with Crippen LogP contribution in [0.2, 0.25) is 0 Å². The summed E-state index contributed by atoms with van der Waals surface area (Å²) in [5.41, 5.74) is -2.45. The number of ether oxygens (including phenoxy) is 4. The van der Waals surface area contributed by atoms with E-state index >= 15 is 0 Å². The van der Waals surface area contributed by atoms with Crippen LogP contribution in [0, 0.1) is 34.5 Å². The maximum Gasteiger partial charge on any atom is 0.350 e. The summed E-state index contributed by atoms with van der Waals surface area (Å²) in [6, 6.07) is 0. The van der Waals surface area contributed by atoms with Crippen LogP contribution in [0.1, 0.15) is 119 Å². The van der Waals surface area contributed by atoms with Gasteiger partial charge in [0, 0.05) is 25.7 Å². The van der Waals surface area contributed by atoms with E-state index in [1.165, 1.54) is 0 Å². The Hall–Kier alpha value is -2.12. The van der Waals surface area contributed by atoms with Gasteiger partial charge in [-0.05, 0) is 96.8 Å². The molecule has 6 unspecified atom stereocenters. The molecule has 4 aliphatic heterocycles. The van der Waals surface area contributed by atoms with Gasteiger partial charge in [0.05, 0.1) is 16.7 Å². The lowest BCUT2D eigenvalue weighted by Crippen LogP contribution is -2.50. The van der Waals surface area contributed by atoms with E-state index in [0.717, 1.165) is 44.9 Å². The monoisotopic (exact) mass is 560 g/mol. The Kier molecular flexibility index (Phi) is 7.57. The van der Waals surface area contributed by atoms with Crippen molar-refractivity contribution in [1.82, 2.24) is 0 Å². The summed E-state index contributed by atoms with van der Waals surface area (Å²) in [4.78, 5) is 49.2. The second kappa shape index (κ2) is 10.3. The molecule has 40 heavy (non-hydrogen) atoms. The van der Waals surface area contributed by atoms with Crippen LogP contribution in [-0.2, 0) is 38.1 Å². The van der Waals surface area contributed by atoms with Crippen molar-refractivity contribution in [3.05, 3.63) is 0 Å². The Morgan fingerprint density at radius 1 is 0.725 bits per heavy atom. The lowest BCUT2D eigenvalue weighted by molar-refractivity contribution is -0.191. The Morgan fingerprint density at radius 2 is 1.27 bits per heavy atom. The van der Waals surface area contributed by atoms with Crippen LogP contribution in [0.5, 0.6) is 0 Å². The van der Waals surface area contributed by atoms with Crippen molar-refractivity contribution in [2.24, 2.45) is 34.5 Å². The van der Waals surface area contributed by atoms with Gasteiger partial charge in [-0.2, -0.15) is 0 Å². The van der Waals surface area contributed by atoms with E-state index in [4.69, 9.17) is 18.9 Å². The Labute approximate surface area is 238 Å².